The van der Waals surface area contributed by atoms with Crippen LogP contribution in [0.3, 0.4) is 0 Å². The molecule has 1 aromatic rings. The first-order chi connectivity index (χ1) is 16.0. The number of fused-ring (bicyclic) bond motifs is 1. The number of likely N-dealkylation sites (tertiary alicyclic amines) is 1. The summed E-state index contributed by atoms with van der Waals surface area (Å²) in [6.07, 6.45) is 1.05. The molecule has 1 aliphatic carbocycles. The summed E-state index contributed by atoms with van der Waals surface area (Å²) in [5.74, 6) is 0.358. The van der Waals surface area contributed by atoms with E-state index in [1.54, 1.807) is 11.9 Å². The molecule has 1 saturated carbocycles. The zero-order valence-corrected chi connectivity index (χ0v) is 20.2. The molecular formula is C25H35F3N4O2. The maximum atomic E-state index is 13.9. The van der Waals surface area contributed by atoms with Crippen molar-refractivity contribution in [2.75, 3.05) is 26.7 Å². The summed E-state index contributed by atoms with van der Waals surface area (Å²) in [4.78, 5) is 34.1. The van der Waals surface area contributed by atoms with Crippen molar-refractivity contribution in [2.24, 2.45) is 17.3 Å². The van der Waals surface area contributed by atoms with Crippen LogP contribution in [0.5, 0.6) is 0 Å². The monoisotopic (exact) mass is 480 g/mol. The third-order valence-electron chi connectivity index (χ3n) is 8.37. The number of rotatable bonds is 4. The van der Waals surface area contributed by atoms with Crippen LogP contribution in [0, 0.1) is 17.3 Å². The highest BCUT2D eigenvalue weighted by molar-refractivity contribution is 5.84. The van der Waals surface area contributed by atoms with E-state index in [0.29, 0.717) is 30.3 Å². The number of amides is 2. The number of nitrogens with one attached hydrogen (secondary N) is 1. The summed E-state index contributed by atoms with van der Waals surface area (Å²) in [6, 6.07) is 1.45. The van der Waals surface area contributed by atoms with Crippen molar-refractivity contribution in [3.8, 4) is 0 Å². The van der Waals surface area contributed by atoms with Gasteiger partial charge in [0.2, 0.25) is 11.8 Å². The Kier molecular flexibility index (Phi) is 6.95. The van der Waals surface area contributed by atoms with E-state index in [9.17, 15) is 22.8 Å². The lowest BCUT2D eigenvalue weighted by atomic mass is 9.73. The molecule has 34 heavy (non-hydrogen) atoms. The second kappa shape index (κ2) is 9.47. The van der Waals surface area contributed by atoms with Gasteiger partial charge in [0.1, 0.15) is 0 Å². The third kappa shape index (κ3) is 4.68. The summed E-state index contributed by atoms with van der Waals surface area (Å²) < 4.78 is 39.6. The fourth-order valence-electron chi connectivity index (χ4n) is 6.13. The van der Waals surface area contributed by atoms with E-state index < -0.39 is 17.2 Å². The smallest absolute Gasteiger partial charge is 0.359 e. The van der Waals surface area contributed by atoms with E-state index in [2.05, 4.69) is 29.0 Å². The molecule has 0 bridgehead atoms. The lowest BCUT2D eigenvalue weighted by molar-refractivity contribution is -0.146. The average Bonchev–Trinajstić information content (AvgIpc) is 3.29. The second-order valence-corrected chi connectivity index (χ2v) is 10.4. The van der Waals surface area contributed by atoms with Crippen LogP contribution in [-0.4, -0.2) is 59.3 Å². The first-order valence-corrected chi connectivity index (χ1v) is 12.3. The van der Waals surface area contributed by atoms with Crippen molar-refractivity contribution in [2.45, 2.75) is 71.1 Å². The molecule has 0 spiro atoms. The highest BCUT2D eigenvalue weighted by Gasteiger charge is 2.51. The molecule has 3 aliphatic rings. The second-order valence-electron chi connectivity index (χ2n) is 10.4. The molecule has 3 heterocycles. The number of nitrogens with zero attached hydrogens (tertiary/aromatic N) is 3. The minimum atomic E-state index is -4.45. The number of hydrogen-bond acceptors (Lipinski definition) is 4. The van der Waals surface area contributed by atoms with Gasteiger partial charge in [-0.25, -0.2) is 0 Å². The predicted octanol–water partition coefficient (Wildman–Crippen LogP) is 3.64. The Morgan fingerprint density at radius 2 is 1.88 bits per heavy atom. The Balaban J connectivity index is 1.46. The van der Waals surface area contributed by atoms with Gasteiger partial charge in [-0.15, -0.1) is 0 Å². The first kappa shape index (κ1) is 24.9. The van der Waals surface area contributed by atoms with Gasteiger partial charge in [-0.2, -0.15) is 13.2 Å². The number of piperidine rings is 1. The SMILES string of the molecule is CNC(=O)C1CCN([C@@H]2CC[C@@](C(=O)N3CCc4ncc(C(F)(F)F)cc4C3)(C(C)C)C2)CC1. The largest absolute Gasteiger partial charge is 0.417 e. The molecule has 6 nitrogen and oxygen atoms in total. The topological polar surface area (TPSA) is 65.5 Å². The van der Waals surface area contributed by atoms with Crippen molar-refractivity contribution in [1.82, 2.24) is 20.1 Å². The zero-order chi connectivity index (χ0) is 24.7. The summed E-state index contributed by atoms with van der Waals surface area (Å²) >= 11 is 0. The molecule has 2 fully saturated rings. The van der Waals surface area contributed by atoms with Crippen molar-refractivity contribution in [3.05, 3.63) is 29.1 Å². The van der Waals surface area contributed by atoms with Crippen LogP contribution >= 0.6 is 0 Å². The number of aromatic nitrogens is 1. The van der Waals surface area contributed by atoms with Crippen LogP contribution in [0.1, 0.15) is 62.8 Å². The Labute approximate surface area is 199 Å². The minimum absolute atomic E-state index is 0.0581. The Morgan fingerprint density at radius 3 is 2.50 bits per heavy atom. The molecule has 188 valence electrons. The number of alkyl halides is 3. The van der Waals surface area contributed by atoms with Crippen molar-refractivity contribution < 1.29 is 22.8 Å². The maximum Gasteiger partial charge on any atom is 0.417 e. The van der Waals surface area contributed by atoms with Crippen LogP contribution in [0.15, 0.2) is 12.3 Å². The number of carbonyl (C=O) groups excluding carboxylic acids is 2. The summed E-state index contributed by atoms with van der Waals surface area (Å²) in [7, 11) is 1.67. The standard InChI is InChI=1S/C25H35F3N4O2/c1-16(2)24(8-4-20(13-24)31-9-5-17(6-10-31)22(33)29-3)23(34)32-11-7-21-18(15-32)12-19(14-30-21)25(26,27)28/h12,14,16-17,20H,4-11,13,15H2,1-3H3,(H,29,33)/t20-,24+/m1/s1. The van der Waals surface area contributed by atoms with E-state index in [4.69, 9.17) is 0 Å². The van der Waals surface area contributed by atoms with E-state index in [0.717, 1.165) is 57.5 Å². The number of pyridine rings is 1. The molecule has 2 atom stereocenters. The lowest BCUT2D eigenvalue weighted by Gasteiger charge is -2.41. The van der Waals surface area contributed by atoms with Gasteiger partial charge in [-0.05, 0) is 62.7 Å². The first-order valence-electron chi connectivity index (χ1n) is 12.3. The van der Waals surface area contributed by atoms with Crippen LogP contribution < -0.4 is 5.32 Å². The summed E-state index contributed by atoms with van der Waals surface area (Å²) in [5.41, 5.74) is -0.118. The normalized spacial score (nSPS) is 26.6. The highest BCUT2D eigenvalue weighted by Crippen LogP contribution is 2.48. The number of carbonyl (C=O) groups is 2. The highest BCUT2D eigenvalue weighted by atomic mass is 19.4. The predicted molar refractivity (Wildman–Crippen MR) is 122 cm³/mol. The fourth-order valence-corrected chi connectivity index (χ4v) is 6.13. The molecule has 9 heteroatoms. The van der Waals surface area contributed by atoms with Gasteiger partial charge in [-0.3, -0.25) is 14.6 Å². The summed E-state index contributed by atoms with van der Waals surface area (Å²) in [5, 5.41) is 2.74. The molecule has 4 rings (SSSR count). The van der Waals surface area contributed by atoms with Gasteiger partial charge in [-0.1, -0.05) is 13.8 Å². The van der Waals surface area contributed by atoms with Crippen LogP contribution in [0.25, 0.3) is 0 Å². The molecule has 1 N–H and O–H groups in total. The van der Waals surface area contributed by atoms with Gasteiger partial charge >= 0.3 is 6.18 Å². The molecule has 0 aromatic carbocycles. The van der Waals surface area contributed by atoms with Crippen LogP contribution in [0.4, 0.5) is 13.2 Å². The number of halogens is 3. The molecule has 1 aromatic heterocycles. The molecule has 2 amide bonds. The van der Waals surface area contributed by atoms with Gasteiger partial charge in [0.05, 0.1) is 11.0 Å². The zero-order valence-electron chi connectivity index (χ0n) is 20.2. The quantitative estimate of drug-likeness (QED) is 0.715. The molecule has 1 saturated heterocycles. The lowest BCUT2D eigenvalue weighted by Crippen LogP contribution is -2.49. The van der Waals surface area contributed by atoms with E-state index >= 15 is 0 Å². The Morgan fingerprint density at radius 1 is 1.18 bits per heavy atom. The molecule has 0 radical (unpaired) electrons. The van der Waals surface area contributed by atoms with Gasteiger partial charge in [0.25, 0.3) is 0 Å². The maximum absolute atomic E-state index is 13.9. The van der Waals surface area contributed by atoms with E-state index in [1.165, 1.54) is 0 Å². The number of hydrogen-bond donors (Lipinski definition) is 1. The third-order valence-corrected chi connectivity index (χ3v) is 8.37. The van der Waals surface area contributed by atoms with Gasteiger partial charge in [0, 0.05) is 50.4 Å². The van der Waals surface area contributed by atoms with Crippen molar-refractivity contribution in [3.63, 3.8) is 0 Å². The Hall–Kier alpha value is -2.16. The van der Waals surface area contributed by atoms with Gasteiger partial charge in [0.15, 0.2) is 0 Å². The Bertz CT molecular complexity index is 927. The van der Waals surface area contributed by atoms with Crippen LogP contribution in [0.2, 0.25) is 0 Å². The van der Waals surface area contributed by atoms with E-state index in [-0.39, 0.29) is 30.2 Å². The minimum Gasteiger partial charge on any atom is -0.359 e. The van der Waals surface area contributed by atoms with Crippen LogP contribution in [-0.2, 0) is 28.7 Å². The van der Waals surface area contributed by atoms with Gasteiger partial charge < -0.3 is 15.1 Å². The summed E-state index contributed by atoms with van der Waals surface area (Å²) in [6.45, 7) is 6.55. The molecule has 0 unspecified atom stereocenters. The molecular weight excluding hydrogens is 445 g/mol. The molecule has 2 aliphatic heterocycles. The average molecular weight is 481 g/mol. The van der Waals surface area contributed by atoms with E-state index in [1.807, 2.05) is 0 Å². The van der Waals surface area contributed by atoms with Crippen molar-refractivity contribution in [1.29, 1.82) is 0 Å². The fraction of sp³-hybridized carbons (Fsp3) is 0.720. The van der Waals surface area contributed by atoms with Crippen molar-refractivity contribution >= 4 is 11.8 Å².